The molecule has 0 aliphatic carbocycles. The average Bonchev–Trinajstić information content (AvgIpc) is 2.64. The van der Waals surface area contributed by atoms with Crippen LogP contribution in [0.25, 0.3) is 0 Å². The van der Waals surface area contributed by atoms with Crippen LogP contribution in [0, 0.1) is 22.9 Å². The van der Waals surface area contributed by atoms with Crippen molar-refractivity contribution in [3.63, 3.8) is 0 Å². The van der Waals surface area contributed by atoms with Gasteiger partial charge in [-0.25, -0.2) is 9.37 Å². The Kier molecular flexibility index (Phi) is 2.86. The lowest BCUT2D eigenvalue weighted by molar-refractivity contribution is -0.385. The standard InChI is InChI=1S/C11H10FN3O2/c1-8-13-4-5-14(8)7-9-6-10(12)2-3-11(9)15(16)17/h2-6H,7H2,1H3. The van der Waals surface area contributed by atoms with Crippen LogP contribution in [-0.4, -0.2) is 14.5 Å². The molecular weight excluding hydrogens is 225 g/mol. The summed E-state index contributed by atoms with van der Waals surface area (Å²) in [5.41, 5.74) is 0.246. The second kappa shape index (κ2) is 4.32. The van der Waals surface area contributed by atoms with Crippen LogP contribution in [0.1, 0.15) is 11.4 Å². The quantitative estimate of drug-likeness (QED) is 0.605. The number of hydrogen-bond donors (Lipinski definition) is 0. The minimum absolute atomic E-state index is 0.0838. The normalized spacial score (nSPS) is 10.5. The third kappa shape index (κ3) is 2.30. The Morgan fingerprint density at radius 1 is 1.53 bits per heavy atom. The number of halogens is 1. The van der Waals surface area contributed by atoms with Crippen molar-refractivity contribution in [2.75, 3.05) is 0 Å². The molecule has 0 bridgehead atoms. The molecule has 0 N–H and O–H groups in total. The fourth-order valence-electron chi connectivity index (χ4n) is 1.61. The molecule has 0 radical (unpaired) electrons. The molecule has 17 heavy (non-hydrogen) atoms. The third-order valence-corrected chi connectivity index (χ3v) is 2.50. The van der Waals surface area contributed by atoms with Gasteiger partial charge in [-0.15, -0.1) is 0 Å². The number of nitro benzene ring substituents is 1. The number of nitro groups is 1. The minimum Gasteiger partial charge on any atom is -0.330 e. The van der Waals surface area contributed by atoms with Gasteiger partial charge in [-0.1, -0.05) is 0 Å². The van der Waals surface area contributed by atoms with Crippen LogP contribution in [0.3, 0.4) is 0 Å². The van der Waals surface area contributed by atoms with Crippen molar-refractivity contribution in [2.45, 2.75) is 13.5 Å². The van der Waals surface area contributed by atoms with Gasteiger partial charge in [0.15, 0.2) is 0 Å². The molecule has 1 aromatic carbocycles. The van der Waals surface area contributed by atoms with Crippen LogP contribution in [0.2, 0.25) is 0 Å². The topological polar surface area (TPSA) is 61.0 Å². The maximum absolute atomic E-state index is 13.1. The second-order valence-electron chi connectivity index (χ2n) is 3.63. The number of aromatic nitrogens is 2. The van der Waals surface area contributed by atoms with Crippen LogP contribution in [0.15, 0.2) is 30.6 Å². The molecule has 88 valence electrons. The molecule has 0 aliphatic rings. The summed E-state index contributed by atoms with van der Waals surface area (Å²) in [6.45, 7) is 2.02. The van der Waals surface area contributed by atoms with E-state index < -0.39 is 10.7 Å². The summed E-state index contributed by atoms with van der Waals surface area (Å²) >= 11 is 0. The molecule has 0 amide bonds. The van der Waals surface area contributed by atoms with E-state index in [0.29, 0.717) is 5.56 Å². The van der Waals surface area contributed by atoms with E-state index in [9.17, 15) is 14.5 Å². The number of benzene rings is 1. The number of imidazole rings is 1. The zero-order chi connectivity index (χ0) is 12.4. The smallest absolute Gasteiger partial charge is 0.274 e. The SMILES string of the molecule is Cc1nccn1Cc1cc(F)ccc1[N+](=O)[O-]. The lowest BCUT2D eigenvalue weighted by Gasteiger charge is -2.06. The Hall–Kier alpha value is -2.24. The summed E-state index contributed by atoms with van der Waals surface area (Å²) in [6, 6.07) is 3.44. The molecule has 0 atom stereocenters. The first-order chi connectivity index (χ1) is 8.08. The zero-order valence-corrected chi connectivity index (χ0v) is 9.13. The zero-order valence-electron chi connectivity index (χ0n) is 9.13. The van der Waals surface area contributed by atoms with Crippen LogP contribution in [0.5, 0.6) is 0 Å². The summed E-state index contributed by atoms with van der Waals surface area (Å²) in [4.78, 5) is 14.3. The first-order valence-corrected chi connectivity index (χ1v) is 4.98. The Morgan fingerprint density at radius 2 is 2.29 bits per heavy atom. The van der Waals surface area contributed by atoms with Gasteiger partial charge < -0.3 is 4.57 Å². The van der Waals surface area contributed by atoms with Gasteiger partial charge in [0, 0.05) is 18.5 Å². The van der Waals surface area contributed by atoms with Crippen LogP contribution < -0.4 is 0 Å². The van der Waals surface area contributed by atoms with Gasteiger partial charge in [0.25, 0.3) is 5.69 Å². The maximum Gasteiger partial charge on any atom is 0.274 e. The van der Waals surface area contributed by atoms with Crippen LogP contribution >= 0.6 is 0 Å². The second-order valence-corrected chi connectivity index (χ2v) is 3.63. The van der Waals surface area contributed by atoms with Gasteiger partial charge in [-0.3, -0.25) is 10.1 Å². The third-order valence-electron chi connectivity index (χ3n) is 2.50. The molecule has 2 rings (SSSR count). The highest BCUT2D eigenvalue weighted by molar-refractivity contribution is 5.40. The molecule has 0 saturated heterocycles. The number of aryl methyl sites for hydroxylation is 1. The van der Waals surface area contributed by atoms with E-state index in [1.807, 2.05) is 0 Å². The van der Waals surface area contributed by atoms with Crippen molar-refractivity contribution in [1.82, 2.24) is 9.55 Å². The number of rotatable bonds is 3. The molecule has 0 saturated carbocycles. The molecule has 1 aromatic heterocycles. The maximum atomic E-state index is 13.1. The predicted octanol–water partition coefficient (Wildman–Crippen LogP) is 2.29. The van der Waals surface area contributed by atoms with Crippen molar-refractivity contribution in [3.05, 3.63) is 57.9 Å². The van der Waals surface area contributed by atoms with Gasteiger partial charge in [-0.2, -0.15) is 0 Å². The van der Waals surface area contributed by atoms with E-state index in [1.165, 1.54) is 12.1 Å². The van der Waals surface area contributed by atoms with Crippen LogP contribution in [0.4, 0.5) is 10.1 Å². The van der Waals surface area contributed by atoms with Crippen molar-refractivity contribution in [1.29, 1.82) is 0 Å². The molecule has 0 spiro atoms. The van der Waals surface area contributed by atoms with E-state index in [0.717, 1.165) is 11.9 Å². The lowest BCUT2D eigenvalue weighted by Crippen LogP contribution is -2.04. The molecule has 6 heteroatoms. The van der Waals surface area contributed by atoms with E-state index in [1.54, 1.807) is 23.9 Å². The van der Waals surface area contributed by atoms with Crippen molar-refractivity contribution in [2.24, 2.45) is 0 Å². The molecule has 5 nitrogen and oxygen atoms in total. The number of hydrogen-bond acceptors (Lipinski definition) is 3. The largest absolute Gasteiger partial charge is 0.330 e. The fourth-order valence-corrected chi connectivity index (χ4v) is 1.61. The Balaban J connectivity index is 2.41. The molecular formula is C11H10FN3O2. The minimum atomic E-state index is -0.513. The monoisotopic (exact) mass is 235 g/mol. The summed E-state index contributed by atoms with van der Waals surface area (Å²) in [5.74, 6) is 0.243. The highest BCUT2D eigenvalue weighted by atomic mass is 19.1. The molecule has 0 aliphatic heterocycles. The molecule has 1 heterocycles. The first-order valence-electron chi connectivity index (χ1n) is 4.98. The Morgan fingerprint density at radius 3 is 2.88 bits per heavy atom. The van der Waals surface area contributed by atoms with Gasteiger partial charge >= 0.3 is 0 Å². The number of nitrogens with zero attached hydrogens (tertiary/aromatic N) is 3. The lowest BCUT2D eigenvalue weighted by atomic mass is 10.1. The summed E-state index contributed by atoms with van der Waals surface area (Å²) < 4.78 is 14.8. The molecule has 0 unspecified atom stereocenters. The molecule has 2 aromatic rings. The first kappa shape index (κ1) is 11.3. The van der Waals surface area contributed by atoms with Crippen molar-refractivity contribution < 1.29 is 9.31 Å². The van der Waals surface area contributed by atoms with E-state index in [2.05, 4.69) is 4.98 Å². The van der Waals surface area contributed by atoms with Gasteiger partial charge in [0.2, 0.25) is 0 Å². The average molecular weight is 235 g/mol. The Labute approximate surface area is 96.7 Å². The molecule has 0 fully saturated rings. The highest BCUT2D eigenvalue weighted by Gasteiger charge is 2.15. The summed E-state index contributed by atoms with van der Waals surface area (Å²) in [7, 11) is 0. The summed E-state index contributed by atoms with van der Waals surface area (Å²) in [6.07, 6.45) is 3.30. The fraction of sp³-hybridized carbons (Fsp3) is 0.182. The van der Waals surface area contributed by atoms with Crippen molar-refractivity contribution >= 4 is 5.69 Å². The van der Waals surface area contributed by atoms with E-state index in [4.69, 9.17) is 0 Å². The highest BCUT2D eigenvalue weighted by Crippen LogP contribution is 2.20. The van der Waals surface area contributed by atoms with Gasteiger partial charge in [0.05, 0.1) is 17.0 Å². The van der Waals surface area contributed by atoms with Gasteiger partial charge in [0.1, 0.15) is 11.6 Å². The van der Waals surface area contributed by atoms with Gasteiger partial charge in [-0.05, 0) is 19.1 Å². The summed E-state index contributed by atoms with van der Waals surface area (Å²) in [5, 5.41) is 10.8. The Bertz CT molecular complexity index is 566. The van der Waals surface area contributed by atoms with E-state index in [-0.39, 0.29) is 12.2 Å². The van der Waals surface area contributed by atoms with Crippen molar-refractivity contribution in [3.8, 4) is 0 Å². The van der Waals surface area contributed by atoms with Crippen LogP contribution in [-0.2, 0) is 6.54 Å². The predicted molar refractivity (Wildman–Crippen MR) is 59.1 cm³/mol. The van der Waals surface area contributed by atoms with E-state index >= 15 is 0 Å².